The van der Waals surface area contributed by atoms with Crippen LogP contribution >= 0.6 is 11.6 Å². The maximum Gasteiger partial charge on any atom is 0.250 e. The Bertz CT molecular complexity index is 593. The number of ether oxygens (including phenoxy) is 1. The highest BCUT2D eigenvalue weighted by molar-refractivity contribution is 6.30. The predicted molar refractivity (Wildman–Crippen MR) is 81.3 cm³/mol. The summed E-state index contributed by atoms with van der Waals surface area (Å²) in [6.07, 6.45) is 4.72. The van der Waals surface area contributed by atoms with Gasteiger partial charge in [0.15, 0.2) is 0 Å². The second kappa shape index (κ2) is 5.70. The summed E-state index contributed by atoms with van der Waals surface area (Å²) >= 11 is 5.96. The van der Waals surface area contributed by atoms with Crippen molar-refractivity contribution in [2.45, 2.75) is 19.3 Å². The highest BCUT2D eigenvalue weighted by Gasteiger charge is 2.42. The number of hydrogen-bond acceptors (Lipinski definition) is 3. The van der Waals surface area contributed by atoms with E-state index in [9.17, 15) is 4.79 Å². The summed E-state index contributed by atoms with van der Waals surface area (Å²) in [6, 6.07) is 5.37. The van der Waals surface area contributed by atoms with Crippen molar-refractivity contribution in [3.8, 4) is 5.75 Å². The molecule has 1 aromatic carbocycles. The summed E-state index contributed by atoms with van der Waals surface area (Å²) in [6.45, 7) is 1.06. The number of fused-ring (bicyclic) bond motifs is 1. The van der Waals surface area contributed by atoms with E-state index in [-0.39, 0.29) is 24.5 Å². The lowest BCUT2D eigenvalue weighted by Gasteiger charge is -2.19. The Hall–Kier alpha value is -1.52. The molecule has 112 valence electrons. The van der Waals surface area contributed by atoms with Crippen LogP contribution in [-0.4, -0.2) is 30.8 Å². The first-order chi connectivity index (χ1) is 10.1. The molecule has 2 aliphatic rings. The molecule has 1 aliphatic carbocycles. The summed E-state index contributed by atoms with van der Waals surface area (Å²) in [7, 11) is 0. The molecule has 1 saturated carbocycles. The van der Waals surface area contributed by atoms with Gasteiger partial charge < -0.3 is 15.2 Å². The summed E-state index contributed by atoms with van der Waals surface area (Å²) < 4.78 is 5.58. The standard InChI is InChI=1S/C16H18ClNO3/c17-13-1-2-14-11(8-13)7-12(9-21-14)15(20)18-10-16(3-4-16)5-6-19/h1-2,7-8,19H,3-6,9-10H2,(H,18,20). The van der Waals surface area contributed by atoms with E-state index >= 15 is 0 Å². The van der Waals surface area contributed by atoms with Crippen molar-refractivity contribution < 1.29 is 14.6 Å². The van der Waals surface area contributed by atoms with Crippen LogP contribution in [0.25, 0.3) is 6.08 Å². The van der Waals surface area contributed by atoms with Crippen LogP contribution in [0, 0.1) is 5.41 Å². The number of carbonyl (C=O) groups is 1. The molecular formula is C16H18ClNO3. The Morgan fingerprint density at radius 3 is 2.95 bits per heavy atom. The van der Waals surface area contributed by atoms with E-state index in [2.05, 4.69) is 5.32 Å². The van der Waals surface area contributed by atoms with E-state index in [0.717, 1.165) is 30.6 Å². The molecule has 1 heterocycles. The number of amides is 1. The second-order valence-corrected chi connectivity index (χ2v) is 6.23. The fourth-order valence-corrected chi connectivity index (χ4v) is 2.77. The average Bonchev–Trinajstić information content (AvgIpc) is 3.24. The normalized spacial score (nSPS) is 18.3. The van der Waals surface area contributed by atoms with Crippen molar-refractivity contribution >= 4 is 23.6 Å². The fraction of sp³-hybridized carbons (Fsp3) is 0.438. The molecule has 1 aliphatic heterocycles. The van der Waals surface area contributed by atoms with Gasteiger partial charge in [-0.2, -0.15) is 0 Å². The van der Waals surface area contributed by atoms with Gasteiger partial charge in [-0.25, -0.2) is 0 Å². The van der Waals surface area contributed by atoms with E-state index < -0.39 is 0 Å². The number of aliphatic hydroxyl groups excluding tert-OH is 1. The van der Waals surface area contributed by atoms with Crippen LogP contribution in [-0.2, 0) is 4.79 Å². The molecular weight excluding hydrogens is 290 g/mol. The maximum atomic E-state index is 12.2. The first kappa shape index (κ1) is 14.4. The number of nitrogens with one attached hydrogen (secondary N) is 1. The Labute approximate surface area is 128 Å². The van der Waals surface area contributed by atoms with Crippen molar-refractivity contribution in [1.82, 2.24) is 5.32 Å². The first-order valence-corrected chi connectivity index (χ1v) is 7.52. The second-order valence-electron chi connectivity index (χ2n) is 5.80. The molecule has 1 aromatic rings. The lowest BCUT2D eigenvalue weighted by molar-refractivity contribution is -0.118. The van der Waals surface area contributed by atoms with Gasteiger partial charge in [-0.05, 0) is 49.0 Å². The minimum Gasteiger partial charge on any atom is -0.488 e. The summed E-state index contributed by atoms with van der Waals surface area (Å²) in [5.41, 5.74) is 1.54. The van der Waals surface area contributed by atoms with Crippen LogP contribution in [0.5, 0.6) is 5.75 Å². The average molecular weight is 308 g/mol. The van der Waals surface area contributed by atoms with Gasteiger partial charge in [0.25, 0.3) is 5.91 Å². The van der Waals surface area contributed by atoms with Gasteiger partial charge in [0, 0.05) is 23.7 Å². The van der Waals surface area contributed by atoms with Gasteiger partial charge in [0.2, 0.25) is 0 Å². The summed E-state index contributed by atoms with van der Waals surface area (Å²) in [5, 5.41) is 12.6. The monoisotopic (exact) mass is 307 g/mol. The zero-order chi connectivity index (χ0) is 14.9. The molecule has 0 bridgehead atoms. The SMILES string of the molecule is O=C(NCC1(CCO)CC1)C1=Cc2cc(Cl)ccc2OC1. The number of aliphatic hydroxyl groups is 1. The molecule has 4 nitrogen and oxygen atoms in total. The summed E-state index contributed by atoms with van der Waals surface area (Å²) in [4.78, 5) is 12.2. The number of benzene rings is 1. The van der Waals surface area contributed by atoms with Crippen molar-refractivity contribution in [2.75, 3.05) is 19.8 Å². The minimum absolute atomic E-state index is 0.107. The molecule has 2 N–H and O–H groups in total. The number of hydrogen-bond donors (Lipinski definition) is 2. The Balaban J connectivity index is 1.66. The van der Waals surface area contributed by atoms with Crippen molar-refractivity contribution in [3.63, 3.8) is 0 Å². The quantitative estimate of drug-likeness (QED) is 0.878. The molecule has 0 spiro atoms. The fourth-order valence-electron chi connectivity index (χ4n) is 2.59. The maximum absolute atomic E-state index is 12.2. The van der Waals surface area contributed by atoms with Crippen LogP contribution in [0.2, 0.25) is 5.02 Å². The zero-order valence-electron chi connectivity index (χ0n) is 11.7. The highest BCUT2D eigenvalue weighted by Crippen LogP contribution is 2.47. The van der Waals surface area contributed by atoms with Crippen LogP contribution in [0.15, 0.2) is 23.8 Å². The zero-order valence-corrected chi connectivity index (χ0v) is 12.4. The Morgan fingerprint density at radius 2 is 2.24 bits per heavy atom. The molecule has 3 rings (SSSR count). The Morgan fingerprint density at radius 1 is 1.43 bits per heavy atom. The van der Waals surface area contributed by atoms with Gasteiger partial charge in [-0.3, -0.25) is 4.79 Å². The van der Waals surface area contributed by atoms with Crippen LogP contribution < -0.4 is 10.1 Å². The van der Waals surface area contributed by atoms with Gasteiger partial charge >= 0.3 is 0 Å². The minimum atomic E-state index is -0.107. The molecule has 0 aromatic heterocycles. The number of rotatable bonds is 5. The highest BCUT2D eigenvalue weighted by atomic mass is 35.5. The Kier molecular flexibility index (Phi) is 3.91. The van der Waals surface area contributed by atoms with Crippen LogP contribution in [0.3, 0.4) is 0 Å². The van der Waals surface area contributed by atoms with Gasteiger partial charge in [-0.1, -0.05) is 11.6 Å². The molecule has 1 amide bonds. The van der Waals surface area contributed by atoms with E-state index in [1.54, 1.807) is 12.1 Å². The van der Waals surface area contributed by atoms with E-state index in [0.29, 0.717) is 17.1 Å². The van der Waals surface area contributed by atoms with Gasteiger partial charge in [0.1, 0.15) is 12.4 Å². The third-order valence-electron chi connectivity index (χ3n) is 4.20. The lowest BCUT2D eigenvalue weighted by Crippen LogP contribution is -2.33. The predicted octanol–water partition coefficient (Wildman–Crippen LogP) is 2.39. The van der Waals surface area contributed by atoms with Gasteiger partial charge in [0.05, 0.1) is 5.57 Å². The van der Waals surface area contributed by atoms with Crippen molar-refractivity contribution in [1.29, 1.82) is 0 Å². The first-order valence-electron chi connectivity index (χ1n) is 7.14. The van der Waals surface area contributed by atoms with E-state index in [1.165, 1.54) is 0 Å². The molecule has 5 heteroatoms. The number of halogens is 1. The third-order valence-corrected chi connectivity index (χ3v) is 4.43. The van der Waals surface area contributed by atoms with Crippen molar-refractivity contribution in [2.24, 2.45) is 5.41 Å². The van der Waals surface area contributed by atoms with Gasteiger partial charge in [-0.15, -0.1) is 0 Å². The molecule has 0 radical (unpaired) electrons. The molecule has 0 atom stereocenters. The largest absolute Gasteiger partial charge is 0.488 e. The molecule has 0 unspecified atom stereocenters. The van der Waals surface area contributed by atoms with Crippen LogP contribution in [0.1, 0.15) is 24.8 Å². The third kappa shape index (κ3) is 3.22. The molecule has 1 fully saturated rings. The smallest absolute Gasteiger partial charge is 0.250 e. The topological polar surface area (TPSA) is 58.6 Å². The van der Waals surface area contributed by atoms with E-state index in [4.69, 9.17) is 21.4 Å². The number of carbonyl (C=O) groups excluding carboxylic acids is 1. The lowest BCUT2D eigenvalue weighted by atomic mass is 10.0. The molecule has 0 saturated heterocycles. The van der Waals surface area contributed by atoms with E-state index in [1.807, 2.05) is 12.1 Å². The molecule has 21 heavy (non-hydrogen) atoms. The van der Waals surface area contributed by atoms with Crippen molar-refractivity contribution in [3.05, 3.63) is 34.4 Å². The van der Waals surface area contributed by atoms with Crippen LogP contribution in [0.4, 0.5) is 0 Å². The summed E-state index contributed by atoms with van der Waals surface area (Å²) in [5.74, 6) is 0.639.